The summed E-state index contributed by atoms with van der Waals surface area (Å²) in [4.78, 5) is 12.9. The minimum Gasteiger partial charge on any atom is -0.508 e. The molecule has 7 nitrogen and oxygen atoms in total. The van der Waals surface area contributed by atoms with Gasteiger partial charge >= 0.3 is 6.03 Å². The van der Waals surface area contributed by atoms with Crippen molar-refractivity contribution in [2.24, 2.45) is 0 Å². The number of aromatic hydroxyl groups is 1. The maximum absolute atomic E-state index is 11.8. The van der Waals surface area contributed by atoms with E-state index in [-0.39, 0.29) is 36.5 Å². The fraction of sp³-hybridized carbons (Fsp3) is 0.265. The fourth-order valence-corrected chi connectivity index (χ4v) is 6.04. The largest absolute Gasteiger partial charge is 0.508 e. The van der Waals surface area contributed by atoms with Gasteiger partial charge in [0.15, 0.2) is 6.29 Å². The molecule has 42 heavy (non-hydrogen) atoms. The summed E-state index contributed by atoms with van der Waals surface area (Å²) in [6, 6.07) is 33.1. The van der Waals surface area contributed by atoms with Gasteiger partial charge in [0.05, 0.1) is 18.8 Å². The number of hydrogen-bond acceptors (Lipinski definition) is 6. The Kier molecular flexibility index (Phi) is 10.2. The molecule has 4 aromatic rings. The Labute approximate surface area is 250 Å². The van der Waals surface area contributed by atoms with Crippen LogP contribution in [0.15, 0.2) is 108 Å². The summed E-state index contributed by atoms with van der Waals surface area (Å²) in [5.74, 6) is 0.816. The molecule has 0 aromatic heterocycles. The summed E-state index contributed by atoms with van der Waals surface area (Å²) in [5, 5.41) is 24.9. The lowest BCUT2D eigenvalue weighted by atomic mass is 9.84. The van der Waals surface area contributed by atoms with Crippen LogP contribution in [0, 0.1) is 0 Å². The molecule has 4 N–H and O–H groups in total. The Morgan fingerprint density at radius 3 is 2.12 bits per heavy atom. The number of rotatable bonds is 10. The van der Waals surface area contributed by atoms with Gasteiger partial charge < -0.3 is 30.3 Å². The molecule has 0 radical (unpaired) electrons. The Morgan fingerprint density at radius 2 is 1.45 bits per heavy atom. The van der Waals surface area contributed by atoms with E-state index in [0.717, 1.165) is 32.7 Å². The van der Waals surface area contributed by atoms with Gasteiger partial charge in [0.2, 0.25) is 0 Å². The van der Waals surface area contributed by atoms with E-state index >= 15 is 0 Å². The third kappa shape index (κ3) is 7.52. The minimum atomic E-state index is -0.608. The summed E-state index contributed by atoms with van der Waals surface area (Å²) < 4.78 is 13.5. The van der Waals surface area contributed by atoms with Crippen molar-refractivity contribution in [3.05, 3.63) is 131 Å². The van der Waals surface area contributed by atoms with E-state index in [2.05, 4.69) is 22.8 Å². The van der Waals surface area contributed by atoms with Crippen LogP contribution in [0.2, 0.25) is 0 Å². The molecule has 5 rings (SSSR count). The standard InChI is InChI=1S/C34H36N2O5S/c1-2-35-34(39)36-20-23-8-14-27(15-9-23)33-40-30(22-42-29-18-16-28(38)17-19-29)31(25-6-4-3-5-7-25)32(41-33)26-12-10-24(21-37)11-13-26/h3-19,30-33,37-38H,2,20-22H2,1H3,(H2,35,36,39). The lowest BCUT2D eigenvalue weighted by Gasteiger charge is -2.43. The molecule has 0 bridgehead atoms. The molecule has 0 saturated carbocycles. The summed E-state index contributed by atoms with van der Waals surface area (Å²) in [5.41, 5.74) is 4.83. The number of benzene rings is 4. The first-order chi connectivity index (χ1) is 20.5. The number of aliphatic hydroxyl groups is 1. The molecule has 1 aliphatic rings. The zero-order chi connectivity index (χ0) is 29.3. The van der Waals surface area contributed by atoms with E-state index in [0.29, 0.717) is 18.8 Å². The van der Waals surface area contributed by atoms with Gasteiger partial charge in [0, 0.05) is 35.2 Å². The number of nitrogens with one attached hydrogen (secondary N) is 2. The van der Waals surface area contributed by atoms with Gasteiger partial charge in [-0.05, 0) is 53.4 Å². The Bertz CT molecular complexity index is 1420. The first kappa shape index (κ1) is 29.7. The molecule has 4 atom stereocenters. The minimum absolute atomic E-state index is 0.0210. The van der Waals surface area contributed by atoms with Crippen molar-refractivity contribution in [2.75, 3.05) is 12.3 Å². The topological polar surface area (TPSA) is 100 Å². The smallest absolute Gasteiger partial charge is 0.315 e. The van der Waals surface area contributed by atoms with Crippen molar-refractivity contribution in [3.8, 4) is 5.75 Å². The fourth-order valence-electron chi connectivity index (χ4n) is 5.07. The SMILES string of the molecule is CCNC(=O)NCc1ccc(C2OC(CSc3ccc(O)cc3)C(c3ccccc3)C(c3ccc(CO)cc3)O2)cc1. The normalized spacial score (nSPS) is 20.1. The summed E-state index contributed by atoms with van der Waals surface area (Å²) >= 11 is 1.68. The summed E-state index contributed by atoms with van der Waals surface area (Å²) in [7, 11) is 0. The van der Waals surface area contributed by atoms with E-state index < -0.39 is 6.29 Å². The van der Waals surface area contributed by atoms with Crippen LogP contribution in [0.4, 0.5) is 4.79 Å². The third-order valence-electron chi connectivity index (χ3n) is 7.26. The molecule has 1 aliphatic heterocycles. The Balaban J connectivity index is 1.44. The summed E-state index contributed by atoms with van der Waals surface area (Å²) in [6.07, 6.45) is -1.11. The summed E-state index contributed by atoms with van der Waals surface area (Å²) in [6.45, 7) is 2.85. The molecular weight excluding hydrogens is 548 g/mol. The molecule has 1 heterocycles. The zero-order valence-electron chi connectivity index (χ0n) is 23.5. The van der Waals surface area contributed by atoms with Crippen LogP contribution in [0.3, 0.4) is 0 Å². The molecule has 4 unspecified atom stereocenters. The van der Waals surface area contributed by atoms with E-state index in [1.807, 2.05) is 85.8 Å². The predicted octanol–water partition coefficient (Wildman–Crippen LogP) is 6.44. The lowest BCUT2D eigenvalue weighted by Crippen LogP contribution is -2.38. The number of ether oxygens (including phenoxy) is 2. The second-order valence-electron chi connectivity index (χ2n) is 10.2. The molecule has 1 saturated heterocycles. The average Bonchev–Trinajstić information content (AvgIpc) is 3.04. The maximum Gasteiger partial charge on any atom is 0.315 e. The van der Waals surface area contributed by atoms with Crippen molar-refractivity contribution < 1.29 is 24.5 Å². The van der Waals surface area contributed by atoms with Gasteiger partial charge in [-0.15, -0.1) is 11.8 Å². The highest BCUT2D eigenvalue weighted by Gasteiger charge is 2.41. The molecule has 0 spiro atoms. The van der Waals surface area contributed by atoms with E-state index in [4.69, 9.17) is 9.47 Å². The molecule has 0 aliphatic carbocycles. The molecule has 218 valence electrons. The van der Waals surface area contributed by atoms with Gasteiger partial charge in [-0.3, -0.25) is 0 Å². The first-order valence-corrected chi connectivity index (χ1v) is 15.1. The molecule has 8 heteroatoms. The number of urea groups is 1. The number of carbonyl (C=O) groups is 1. The van der Waals surface area contributed by atoms with Crippen molar-refractivity contribution in [1.82, 2.24) is 10.6 Å². The van der Waals surface area contributed by atoms with Crippen molar-refractivity contribution >= 4 is 17.8 Å². The zero-order valence-corrected chi connectivity index (χ0v) is 24.3. The van der Waals surface area contributed by atoms with E-state index in [1.54, 1.807) is 23.9 Å². The van der Waals surface area contributed by atoms with Gasteiger partial charge in [-0.25, -0.2) is 4.79 Å². The molecular formula is C34H36N2O5S. The van der Waals surface area contributed by atoms with Gasteiger partial charge in [0.25, 0.3) is 0 Å². The maximum atomic E-state index is 11.8. The van der Waals surface area contributed by atoms with Crippen LogP contribution in [0.25, 0.3) is 0 Å². The van der Waals surface area contributed by atoms with Crippen LogP contribution in [-0.4, -0.2) is 34.6 Å². The second-order valence-corrected chi connectivity index (χ2v) is 11.3. The lowest BCUT2D eigenvalue weighted by molar-refractivity contribution is -0.255. The highest BCUT2D eigenvalue weighted by atomic mass is 32.2. The number of phenols is 1. The highest BCUT2D eigenvalue weighted by molar-refractivity contribution is 7.99. The number of amides is 2. The predicted molar refractivity (Wildman–Crippen MR) is 164 cm³/mol. The quantitative estimate of drug-likeness (QED) is 0.160. The monoisotopic (exact) mass is 584 g/mol. The van der Waals surface area contributed by atoms with Crippen molar-refractivity contribution in [3.63, 3.8) is 0 Å². The van der Waals surface area contributed by atoms with Crippen molar-refractivity contribution in [1.29, 1.82) is 0 Å². The molecule has 4 aromatic carbocycles. The van der Waals surface area contributed by atoms with Crippen LogP contribution < -0.4 is 10.6 Å². The van der Waals surface area contributed by atoms with Crippen molar-refractivity contribution in [2.45, 2.75) is 49.4 Å². The van der Waals surface area contributed by atoms with Gasteiger partial charge in [-0.2, -0.15) is 0 Å². The van der Waals surface area contributed by atoms with E-state index in [9.17, 15) is 15.0 Å². The second kappa shape index (κ2) is 14.4. The third-order valence-corrected chi connectivity index (χ3v) is 8.36. The Morgan fingerprint density at radius 1 is 0.786 bits per heavy atom. The van der Waals surface area contributed by atoms with Crippen LogP contribution in [0.5, 0.6) is 5.75 Å². The van der Waals surface area contributed by atoms with Crippen LogP contribution in [0.1, 0.15) is 53.1 Å². The number of hydrogen-bond donors (Lipinski definition) is 4. The Hall–Kier alpha value is -3.82. The number of thioether (sulfide) groups is 1. The first-order valence-electron chi connectivity index (χ1n) is 14.1. The molecule has 1 fully saturated rings. The van der Waals surface area contributed by atoms with Gasteiger partial charge in [0.1, 0.15) is 5.75 Å². The van der Waals surface area contributed by atoms with Crippen LogP contribution in [-0.2, 0) is 22.6 Å². The van der Waals surface area contributed by atoms with E-state index in [1.165, 1.54) is 0 Å². The number of carbonyl (C=O) groups excluding carboxylic acids is 1. The number of phenolic OH excluding ortho intramolecular Hbond substituents is 1. The average molecular weight is 585 g/mol. The highest BCUT2D eigenvalue weighted by Crippen LogP contribution is 2.48. The number of aliphatic hydroxyl groups excluding tert-OH is 1. The van der Waals surface area contributed by atoms with Crippen LogP contribution >= 0.6 is 11.8 Å². The molecule has 2 amide bonds. The van der Waals surface area contributed by atoms with Gasteiger partial charge in [-0.1, -0.05) is 78.9 Å².